The third-order valence-electron chi connectivity index (χ3n) is 9.97. The molecule has 0 bridgehead atoms. The zero-order chi connectivity index (χ0) is 34.0. The van der Waals surface area contributed by atoms with E-state index in [1.807, 2.05) is 34.7 Å². The molecule has 0 aromatic carbocycles. The Bertz CT molecular complexity index is 850. The summed E-state index contributed by atoms with van der Waals surface area (Å²) in [6, 6.07) is 0. The molecule has 0 N–H and O–H groups in total. The molecule has 0 aromatic rings. The SMILES string of the molecule is CCCCCCCCCCCC(=O)OC1CC(C)(C)N(C)C(C)(C)C1.CN1C(C)(C)CC(OC(=O)CC(F)(F)F)CC1(C)C. The Labute approximate surface area is 267 Å². The molecule has 2 rings (SSSR count). The first-order valence-corrected chi connectivity index (χ1v) is 17.0. The predicted octanol–water partition coefficient (Wildman–Crippen LogP) is 9.24. The number of likely N-dealkylation sites (tertiary alicyclic amines) is 2. The van der Waals surface area contributed by atoms with Gasteiger partial charge in [-0.05, 0) is 75.9 Å². The first-order chi connectivity index (χ1) is 20.0. The first kappa shape index (κ1) is 40.7. The van der Waals surface area contributed by atoms with Gasteiger partial charge in [0.1, 0.15) is 18.6 Å². The molecule has 260 valence electrons. The second-order valence-electron chi connectivity index (χ2n) is 15.8. The van der Waals surface area contributed by atoms with Crippen molar-refractivity contribution in [3.05, 3.63) is 0 Å². The molecule has 2 saturated heterocycles. The van der Waals surface area contributed by atoms with Crippen LogP contribution in [0.25, 0.3) is 0 Å². The molecule has 2 fully saturated rings. The van der Waals surface area contributed by atoms with E-state index in [2.05, 4.69) is 51.5 Å². The van der Waals surface area contributed by atoms with E-state index in [9.17, 15) is 22.8 Å². The molecule has 0 radical (unpaired) electrons. The van der Waals surface area contributed by atoms with E-state index in [0.29, 0.717) is 19.3 Å². The van der Waals surface area contributed by atoms with Crippen molar-refractivity contribution in [2.45, 2.75) is 199 Å². The molecule has 0 atom stereocenters. The highest BCUT2D eigenvalue weighted by molar-refractivity contribution is 5.70. The van der Waals surface area contributed by atoms with Crippen molar-refractivity contribution in [2.24, 2.45) is 0 Å². The molecule has 0 unspecified atom stereocenters. The Hall–Kier alpha value is -1.35. The fourth-order valence-electron chi connectivity index (χ4n) is 6.94. The Morgan fingerprint density at radius 2 is 0.932 bits per heavy atom. The summed E-state index contributed by atoms with van der Waals surface area (Å²) in [4.78, 5) is 28.1. The van der Waals surface area contributed by atoms with Crippen LogP contribution in [0, 0.1) is 0 Å². The average Bonchev–Trinajstić information content (AvgIpc) is 2.83. The van der Waals surface area contributed by atoms with Crippen LogP contribution < -0.4 is 0 Å². The van der Waals surface area contributed by atoms with E-state index in [4.69, 9.17) is 9.47 Å². The smallest absolute Gasteiger partial charge is 0.399 e. The number of carbonyl (C=O) groups is 2. The second-order valence-corrected chi connectivity index (χ2v) is 15.8. The quantitative estimate of drug-likeness (QED) is 0.149. The number of halogens is 3. The molecule has 44 heavy (non-hydrogen) atoms. The molecule has 0 spiro atoms. The van der Waals surface area contributed by atoms with Crippen molar-refractivity contribution in [2.75, 3.05) is 14.1 Å². The standard InChI is InChI=1S/C22H43NO2.C13H22F3NO2/c1-7-8-9-10-11-12-13-14-15-16-20(24)25-19-17-21(2,3)23(6)22(4,5)18-19;1-11(2)6-9(7-12(3,4)17(11)5)19-10(18)8-13(14,15)16/h19H,7-18H2,1-6H3;9H,6-8H2,1-5H3. The molecule has 9 heteroatoms. The van der Waals surface area contributed by atoms with E-state index < -0.39 is 24.7 Å². The largest absolute Gasteiger partial charge is 0.462 e. The highest BCUT2D eigenvalue weighted by atomic mass is 19.4. The minimum Gasteiger partial charge on any atom is -0.462 e. The van der Waals surface area contributed by atoms with Crippen molar-refractivity contribution in [3.8, 4) is 0 Å². The van der Waals surface area contributed by atoms with Gasteiger partial charge in [-0.15, -0.1) is 0 Å². The van der Waals surface area contributed by atoms with Crippen LogP contribution in [0.15, 0.2) is 0 Å². The molecule has 0 amide bonds. The van der Waals surface area contributed by atoms with E-state index in [0.717, 1.165) is 25.7 Å². The van der Waals surface area contributed by atoms with Crippen molar-refractivity contribution in [1.29, 1.82) is 0 Å². The fourth-order valence-corrected chi connectivity index (χ4v) is 6.94. The van der Waals surface area contributed by atoms with Gasteiger partial charge >= 0.3 is 18.1 Å². The molecule has 2 heterocycles. The van der Waals surface area contributed by atoms with E-state index in [1.165, 1.54) is 44.9 Å². The summed E-state index contributed by atoms with van der Waals surface area (Å²) < 4.78 is 47.2. The van der Waals surface area contributed by atoms with Gasteiger partial charge in [0.05, 0.1) is 0 Å². The van der Waals surface area contributed by atoms with Crippen LogP contribution >= 0.6 is 0 Å². The third kappa shape index (κ3) is 14.4. The van der Waals surface area contributed by atoms with Gasteiger partial charge in [0.25, 0.3) is 0 Å². The summed E-state index contributed by atoms with van der Waals surface area (Å²) in [6.45, 7) is 19.2. The van der Waals surface area contributed by atoms with E-state index in [1.54, 1.807) is 0 Å². The monoisotopic (exact) mass is 634 g/mol. The Morgan fingerprint density at radius 1 is 0.614 bits per heavy atom. The number of unbranched alkanes of at least 4 members (excludes halogenated alkanes) is 8. The van der Waals surface area contributed by atoms with Crippen LogP contribution in [0.3, 0.4) is 0 Å². The first-order valence-electron chi connectivity index (χ1n) is 17.0. The zero-order valence-corrected chi connectivity index (χ0v) is 29.9. The maximum absolute atomic E-state index is 12.2. The second kappa shape index (κ2) is 17.0. The van der Waals surface area contributed by atoms with Crippen molar-refractivity contribution in [3.63, 3.8) is 0 Å². The topological polar surface area (TPSA) is 59.1 Å². The van der Waals surface area contributed by atoms with Gasteiger partial charge in [0, 0.05) is 54.3 Å². The molecular formula is C35H65F3N2O4. The van der Waals surface area contributed by atoms with Crippen LogP contribution in [0.2, 0.25) is 0 Å². The Balaban J connectivity index is 0.000000457. The number of ether oxygens (including phenoxy) is 2. The highest BCUT2D eigenvalue weighted by Gasteiger charge is 2.46. The summed E-state index contributed by atoms with van der Waals surface area (Å²) in [6.07, 6.45) is 8.60. The lowest BCUT2D eigenvalue weighted by Crippen LogP contribution is -2.60. The maximum Gasteiger partial charge on any atom is 0.399 e. The van der Waals surface area contributed by atoms with Crippen molar-refractivity contribution >= 4 is 11.9 Å². The number of hydrogen-bond donors (Lipinski definition) is 0. The van der Waals surface area contributed by atoms with Gasteiger partial charge in [-0.2, -0.15) is 13.2 Å². The van der Waals surface area contributed by atoms with Crippen LogP contribution in [0.1, 0.15) is 159 Å². The summed E-state index contributed by atoms with van der Waals surface area (Å²) in [5.41, 5.74) is -0.287. The minimum atomic E-state index is -4.51. The number of carbonyl (C=O) groups excluding carboxylic acids is 2. The van der Waals surface area contributed by atoms with Gasteiger partial charge in [-0.1, -0.05) is 58.3 Å². The molecule has 0 saturated carbocycles. The summed E-state index contributed by atoms with van der Waals surface area (Å²) in [5, 5.41) is 0. The molecule has 2 aliphatic rings. The normalized spacial score (nSPS) is 22.1. The van der Waals surface area contributed by atoms with Gasteiger partial charge in [-0.3, -0.25) is 19.4 Å². The van der Waals surface area contributed by atoms with Gasteiger partial charge in [0.15, 0.2) is 0 Å². The van der Waals surface area contributed by atoms with Gasteiger partial charge in [0.2, 0.25) is 0 Å². The minimum absolute atomic E-state index is 0.00380. The van der Waals surface area contributed by atoms with Crippen LogP contribution in [0.5, 0.6) is 0 Å². The number of hydrogen-bond acceptors (Lipinski definition) is 6. The number of alkyl halides is 3. The van der Waals surface area contributed by atoms with E-state index >= 15 is 0 Å². The number of nitrogens with zero attached hydrogens (tertiary/aromatic N) is 2. The van der Waals surface area contributed by atoms with Gasteiger partial charge < -0.3 is 9.47 Å². The lowest BCUT2D eigenvalue weighted by molar-refractivity contribution is -0.181. The molecular weight excluding hydrogens is 569 g/mol. The predicted molar refractivity (Wildman–Crippen MR) is 173 cm³/mol. The van der Waals surface area contributed by atoms with Gasteiger partial charge in [-0.25, -0.2) is 0 Å². The number of piperidine rings is 2. The fraction of sp³-hybridized carbons (Fsp3) is 0.943. The summed E-state index contributed by atoms with van der Waals surface area (Å²) in [5.74, 6) is -1.18. The summed E-state index contributed by atoms with van der Waals surface area (Å²) in [7, 11) is 4.16. The molecule has 0 aliphatic carbocycles. The average molecular weight is 635 g/mol. The van der Waals surface area contributed by atoms with Crippen LogP contribution in [0.4, 0.5) is 13.2 Å². The summed E-state index contributed by atoms with van der Waals surface area (Å²) >= 11 is 0. The number of rotatable bonds is 13. The lowest BCUT2D eigenvalue weighted by Gasteiger charge is -2.53. The van der Waals surface area contributed by atoms with Crippen molar-refractivity contribution < 1.29 is 32.2 Å². The number of esters is 2. The van der Waals surface area contributed by atoms with E-state index in [-0.39, 0.29) is 34.2 Å². The van der Waals surface area contributed by atoms with Crippen molar-refractivity contribution in [1.82, 2.24) is 9.80 Å². The molecule has 6 nitrogen and oxygen atoms in total. The Morgan fingerprint density at radius 3 is 1.27 bits per heavy atom. The Kier molecular flexibility index (Phi) is 15.7. The lowest BCUT2D eigenvalue weighted by atomic mass is 9.78. The molecule has 2 aliphatic heterocycles. The molecule has 0 aromatic heterocycles. The maximum atomic E-state index is 12.2. The zero-order valence-electron chi connectivity index (χ0n) is 29.9. The third-order valence-corrected chi connectivity index (χ3v) is 9.97. The van der Waals surface area contributed by atoms with Crippen LogP contribution in [-0.4, -0.2) is 76.4 Å². The highest BCUT2D eigenvalue weighted by Crippen LogP contribution is 2.39. The van der Waals surface area contributed by atoms with Crippen LogP contribution in [-0.2, 0) is 19.1 Å².